The van der Waals surface area contributed by atoms with Gasteiger partial charge in [0, 0.05) is 37.3 Å². The van der Waals surface area contributed by atoms with Gasteiger partial charge in [-0.25, -0.2) is 9.78 Å². The number of aromatic nitrogens is 2. The number of fused-ring (bicyclic) bond motifs is 1. The van der Waals surface area contributed by atoms with E-state index in [2.05, 4.69) is 41.1 Å². The van der Waals surface area contributed by atoms with Crippen LogP contribution in [-0.4, -0.2) is 42.2 Å². The summed E-state index contributed by atoms with van der Waals surface area (Å²) < 4.78 is 0. The summed E-state index contributed by atoms with van der Waals surface area (Å²) in [5.74, 6) is 1.58. The van der Waals surface area contributed by atoms with Crippen LogP contribution in [0.4, 0.5) is 22.2 Å². The van der Waals surface area contributed by atoms with Crippen molar-refractivity contribution in [1.29, 1.82) is 0 Å². The van der Waals surface area contributed by atoms with E-state index in [1.54, 1.807) is 0 Å². The van der Waals surface area contributed by atoms with Crippen LogP contribution in [0.25, 0.3) is 10.9 Å². The van der Waals surface area contributed by atoms with Gasteiger partial charge in [0.1, 0.15) is 5.82 Å². The lowest BCUT2D eigenvalue weighted by Gasteiger charge is -2.30. The highest BCUT2D eigenvalue weighted by atomic mass is 16.2. The Bertz CT molecular complexity index is 1130. The highest BCUT2D eigenvalue weighted by Gasteiger charge is 2.24. The van der Waals surface area contributed by atoms with Gasteiger partial charge in [0.2, 0.25) is 5.95 Å². The van der Waals surface area contributed by atoms with Crippen molar-refractivity contribution in [2.75, 3.05) is 29.6 Å². The summed E-state index contributed by atoms with van der Waals surface area (Å²) in [5.41, 5.74) is 5.21. The molecule has 0 radical (unpaired) electrons. The quantitative estimate of drug-likeness (QED) is 0.504. The molecule has 7 nitrogen and oxygen atoms in total. The van der Waals surface area contributed by atoms with Gasteiger partial charge in [-0.3, -0.25) is 0 Å². The molecule has 1 saturated carbocycles. The van der Waals surface area contributed by atoms with E-state index in [0.29, 0.717) is 12.0 Å². The first-order valence-electron chi connectivity index (χ1n) is 11.7. The van der Waals surface area contributed by atoms with Gasteiger partial charge >= 0.3 is 6.03 Å². The second kappa shape index (κ2) is 9.65. The van der Waals surface area contributed by atoms with E-state index in [4.69, 9.17) is 9.97 Å². The smallest absolute Gasteiger partial charge is 0.319 e. The third-order valence-electron chi connectivity index (χ3n) is 6.32. The molecule has 3 N–H and O–H groups in total. The summed E-state index contributed by atoms with van der Waals surface area (Å²) in [6, 6.07) is 12.6. The van der Waals surface area contributed by atoms with Gasteiger partial charge in [-0.15, -0.1) is 0 Å². The summed E-state index contributed by atoms with van der Waals surface area (Å²) in [5, 5.41) is 10.8. The number of carbonyl (C=O) groups excluding carboxylic acids is 1. The largest absolute Gasteiger partial charge is 0.362 e. The highest BCUT2D eigenvalue weighted by Crippen LogP contribution is 2.27. The zero-order valence-corrected chi connectivity index (χ0v) is 20.2. The molecule has 1 fully saturated rings. The molecule has 0 unspecified atom stereocenters. The minimum absolute atomic E-state index is 0.130. The molecular formula is C26H34N6O. The first-order valence-corrected chi connectivity index (χ1v) is 11.7. The van der Waals surface area contributed by atoms with Gasteiger partial charge in [-0.2, -0.15) is 4.98 Å². The van der Waals surface area contributed by atoms with Gasteiger partial charge < -0.3 is 20.9 Å². The van der Waals surface area contributed by atoms with Crippen molar-refractivity contribution >= 4 is 34.4 Å². The molecule has 1 aromatic heterocycles. The fourth-order valence-corrected chi connectivity index (χ4v) is 4.74. The van der Waals surface area contributed by atoms with E-state index in [1.165, 1.54) is 5.56 Å². The maximum atomic E-state index is 12.6. The third kappa shape index (κ3) is 5.35. The van der Waals surface area contributed by atoms with Gasteiger partial charge in [0.15, 0.2) is 0 Å². The van der Waals surface area contributed by atoms with Gasteiger partial charge in [-0.1, -0.05) is 29.8 Å². The number of urea groups is 1. The SMILES string of the molecule is Cc1cc(C)c(NC(=O)NC2CCC(Nc3nc(N(C)C)c4ccccc4n3)CC2)c(C)c1. The zero-order valence-electron chi connectivity index (χ0n) is 20.2. The van der Waals surface area contributed by atoms with E-state index < -0.39 is 0 Å². The van der Waals surface area contributed by atoms with Crippen LogP contribution in [0.5, 0.6) is 0 Å². The lowest BCUT2D eigenvalue weighted by molar-refractivity contribution is 0.243. The minimum atomic E-state index is -0.130. The van der Waals surface area contributed by atoms with Crippen molar-refractivity contribution in [2.24, 2.45) is 0 Å². The van der Waals surface area contributed by atoms with Gasteiger partial charge in [0.25, 0.3) is 0 Å². The number of hydrogen-bond acceptors (Lipinski definition) is 5. The van der Waals surface area contributed by atoms with Gasteiger partial charge in [-0.05, 0) is 69.7 Å². The predicted molar refractivity (Wildman–Crippen MR) is 136 cm³/mol. The molecule has 0 saturated heterocycles. The number of nitrogens with zero attached hydrogens (tertiary/aromatic N) is 3. The number of rotatable bonds is 5. The number of nitrogens with one attached hydrogen (secondary N) is 3. The Morgan fingerprint density at radius 2 is 1.58 bits per heavy atom. The maximum absolute atomic E-state index is 12.6. The topological polar surface area (TPSA) is 82.2 Å². The minimum Gasteiger partial charge on any atom is -0.362 e. The van der Waals surface area contributed by atoms with E-state index in [-0.39, 0.29) is 12.1 Å². The summed E-state index contributed by atoms with van der Waals surface area (Å²) in [6.07, 6.45) is 3.76. The fourth-order valence-electron chi connectivity index (χ4n) is 4.74. The molecule has 1 aliphatic rings. The third-order valence-corrected chi connectivity index (χ3v) is 6.32. The van der Waals surface area contributed by atoms with Crippen molar-refractivity contribution < 1.29 is 4.79 Å². The van der Waals surface area contributed by atoms with Crippen molar-refractivity contribution in [3.05, 3.63) is 53.1 Å². The molecule has 0 atom stereocenters. The summed E-state index contributed by atoms with van der Waals surface area (Å²) in [4.78, 5) is 24.1. The maximum Gasteiger partial charge on any atom is 0.319 e. The van der Waals surface area contributed by atoms with Crippen LogP contribution in [0.2, 0.25) is 0 Å². The molecule has 4 rings (SSSR count). The van der Waals surface area contributed by atoms with E-state index in [1.807, 2.05) is 51.0 Å². The van der Waals surface area contributed by atoms with Crippen molar-refractivity contribution in [2.45, 2.75) is 58.5 Å². The average Bonchev–Trinajstić information content (AvgIpc) is 2.77. The van der Waals surface area contributed by atoms with Crippen molar-refractivity contribution in [3.8, 4) is 0 Å². The number of anilines is 3. The number of aryl methyl sites for hydroxylation is 3. The second-order valence-corrected chi connectivity index (χ2v) is 9.35. The molecule has 0 spiro atoms. The normalized spacial score (nSPS) is 18.1. The van der Waals surface area contributed by atoms with Crippen LogP contribution in [-0.2, 0) is 0 Å². The number of amides is 2. The monoisotopic (exact) mass is 446 g/mol. The molecular weight excluding hydrogens is 412 g/mol. The summed E-state index contributed by atoms with van der Waals surface area (Å²) in [7, 11) is 4.00. The van der Waals surface area contributed by atoms with Crippen LogP contribution >= 0.6 is 0 Å². The van der Waals surface area contributed by atoms with Crippen molar-refractivity contribution in [3.63, 3.8) is 0 Å². The Morgan fingerprint density at radius 3 is 2.24 bits per heavy atom. The molecule has 33 heavy (non-hydrogen) atoms. The Balaban J connectivity index is 1.34. The van der Waals surface area contributed by atoms with Crippen molar-refractivity contribution in [1.82, 2.24) is 15.3 Å². The Morgan fingerprint density at radius 1 is 0.939 bits per heavy atom. The lowest BCUT2D eigenvalue weighted by atomic mass is 9.91. The molecule has 2 aromatic carbocycles. The number of para-hydroxylation sites is 1. The summed E-state index contributed by atoms with van der Waals surface area (Å²) >= 11 is 0. The van der Waals surface area contributed by atoms with Crippen LogP contribution in [0, 0.1) is 20.8 Å². The predicted octanol–water partition coefficient (Wildman–Crippen LogP) is 5.17. The Labute approximate surface area is 196 Å². The first kappa shape index (κ1) is 22.8. The van der Waals surface area contributed by atoms with E-state index in [9.17, 15) is 4.79 Å². The molecule has 1 aliphatic carbocycles. The van der Waals surface area contributed by atoms with E-state index in [0.717, 1.165) is 59.2 Å². The molecule has 1 heterocycles. The Kier molecular flexibility index (Phi) is 6.67. The van der Waals surface area contributed by atoms with Gasteiger partial charge in [0.05, 0.1) is 5.52 Å². The molecule has 174 valence electrons. The molecule has 0 bridgehead atoms. The molecule has 2 amide bonds. The van der Waals surface area contributed by atoms with E-state index >= 15 is 0 Å². The zero-order chi connectivity index (χ0) is 23.5. The molecule has 0 aliphatic heterocycles. The van der Waals surface area contributed by atoms with Crippen LogP contribution in [0.15, 0.2) is 36.4 Å². The number of hydrogen-bond donors (Lipinski definition) is 3. The molecule has 3 aromatic rings. The first-order chi connectivity index (χ1) is 15.8. The van der Waals surface area contributed by atoms with Crippen LogP contribution in [0.3, 0.4) is 0 Å². The second-order valence-electron chi connectivity index (χ2n) is 9.35. The fraction of sp³-hybridized carbons (Fsp3) is 0.423. The average molecular weight is 447 g/mol. The molecule has 7 heteroatoms. The standard InChI is InChI=1S/C26H34N6O/c1-16-14-17(2)23(18(3)15-16)30-26(33)28-20-12-10-19(11-13-20)27-25-29-22-9-7-6-8-21(22)24(31-25)32(4)5/h6-9,14-15,19-20H,10-13H2,1-5H3,(H,27,29,31)(H2,28,30,33). The van der Waals surface area contributed by atoms with Crippen LogP contribution < -0.4 is 20.9 Å². The number of benzene rings is 2. The lowest BCUT2D eigenvalue weighted by Crippen LogP contribution is -2.42. The highest BCUT2D eigenvalue weighted by molar-refractivity contribution is 5.91. The number of carbonyl (C=O) groups is 1. The van der Waals surface area contributed by atoms with Crippen LogP contribution in [0.1, 0.15) is 42.4 Å². The Hall–Kier alpha value is -3.35. The summed E-state index contributed by atoms with van der Waals surface area (Å²) in [6.45, 7) is 6.13.